The van der Waals surface area contributed by atoms with E-state index in [2.05, 4.69) is 11.8 Å². The van der Waals surface area contributed by atoms with E-state index in [0.717, 1.165) is 37.1 Å². The summed E-state index contributed by atoms with van der Waals surface area (Å²) in [6.45, 7) is 2.88. The van der Waals surface area contributed by atoms with Crippen molar-refractivity contribution in [3.8, 4) is 5.75 Å². The van der Waals surface area contributed by atoms with Crippen LogP contribution in [0.1, 0.15) is 37.8 Å². The van der Waals surface area contributed by atoms with Crippen molar-refractivity contribution in [3.63, 3.8) is 0 Å². The Morgan fingerprint density at radius 1 is 1.42 bits per heavy atom. The number of hydrogen-bond donors (Lipinski definition) is 1. The van der Waals surface area contributed by atoms with Crippen LogP contribution in [0, 0.1) is 0 Å². The third-order valence-electron chi connectivity index (χ3n) is 3.92. The Bertz CT molecular complexity index is 447. The molecule has 0 spiro atoms. The van der Waals surface area contributed by atoms with Gasteiger partial charge in [0.25, 0.3) is 0 Å². The summed E-state index contributed by atoms with van der Waals surface area (Å²) in [6.07, 6.45) is 2.78. The molecule has 1 aliphatic rings. The van der Waals surface area contributed by atoms with Crippen molar-refractivity contribution in [2.24, 2.45) is 0 Å². The van der Waals surface area contributed by atoms with Crippen molar-refractivity contribution < 1.29 is 14.6 Å². The lowest BCUT2D eigenvalue weighted by atomic mass is 9.96. The van der Waals surface area contributed by atoms with Gasteiger partial charge < -0.3 is 9.84 Å². The van der Waals surface area contributed by atoms with E-state index in [9.17, 15) is 9.90 Å². The number of hydrogen-bond acceptors (Lipinski definition) is 3. The average molecular weight is 263 g/mol. The standard InChI is InChI=1S/C15H21NO3/c1-11(12-7-3-4-9-14(12)19-2)16-10-6-5-8-13(16)15(17)18/h3-4,7,9,11,13H,5-6,8,10H2,1-2H3,(H,17,18). The van der Waals surface area contributed by atoms with Gasteiger partial charge in [-0.3, -0.25) is 9.69 Å². The lowest BCUT2D eigenvalue weighted by Crippen LogP contribution is -2.45. The summed E-state index contributed by atoms with van der Waals surface area (Å²) in [5.74, 6) is 0.103. The molecule has 2 rings (SSSR count). The number of carbonyl (C=O) groups is 1. The smallest absolute Gasteiger partial charge is 0.320 e. The first-order valence-electron chi connectivity index (χ1n) is 6.76. The van der Waals surface area contributed by atoms with Gasteiger partial charge >= 0.3 is 5.97 Å². The van der Waals surface area contributed by atoms with E-state index in [1.807, 2.05) is 24.3 Å². The second-order valence-electron chi connectivity index (χ2n) is 5.01. The number of para-hydroxylation sites is 1. The SMILES string of the molecule is COc1ccccc1C(C)N1CCCCC1C(=O)O. The van der Waals surface area contributed by atoms with Crippen LogP contribution in [-0.4, -0.2) is 35.7 Å². The maximum Gasteiger partial charge on any atom is 0.320 e. The van der Waals surface area contributed by atoms with Gasteiger partial charge in [0, 0.05) is 11.6 Å². The Balaban J connectivity index is 2.26. The third-order valence-corrected chi connectivity index (χ3v) is 3.92. The molecule has 0 bridgehead atoms. The molecule has 0 saturated carbocycles. The Hall–Kier alpha value is -1.55. The zero-order valence-corrected chi connectivity index (χ0v) is 11.5. The molecule has 104 valence electrons. The number of aliphatic carboxylic acids is 1. The number of carboxylic acid groups (broad SMARTS) is 1. The maximum absolute atomic E-state index is 11.4. The topological polar surface area (TPSA) is 49.8 Å². The number of carboxylic acids is 1. The van der Waals surface area contributed by atoms with Gasteiger partial charge in [0.05, 0.1) is 7.11 Å². The summed E-state index contributed by atoms with van der Waals surface area (Å²) < 4.78 is 5.38. The van der Waals surface area contributed by atoms with Crippen LogP contribution in [0.4, 0.5) is 0 Å². The fraction of sp³-hybridized carbons (Fsp3) is 0.533. The molecular weight excluding hydrogens is 242 g/mol. The molecule has 1 heterocycles. The van der Waals surface area contributed by atoms with E-state index in [-0.39, 0.29) is 12.1 Å². The summed E-state index contributed by atoms with van der Waals surface area (Å²) in [7, 11) is 1.65. The van der Waals surface area contributed by atoms with Gasteiger partial charge in [0.15, 0.2) is 0 Å². The zero-order valence-electron chi connectivity index (χ0n) is 11.5. The molecule has 2 unspecified atom stereocenters. The van der Waals surface area contributed by atoms with E-state index in [1.54, 1.807) is 7.11 Å². The highest BCUT2D eigenvalue weighted by Crippen LogP contribution is 2.33. The number of nitrogens with zero attached hydrogens (tertiary/aromatic N) is 1. The minimum absolute atomic E-state index is 0.0533. The Morgan fingerprint density at radius 3 is 2.84 bits per heavy atom. The highest BCUT2D eigenvalue weighted by molar-refractivity contribution is 5.73. The normalized spacial score (nSPS) is 21.9. The number of rotatable bonds is 4. The quantitative estimate of drug-likeness (QED) is 0.907. The van der Waals surface area contributed by atoms with Crippen LogP contribution in [0.15, 0.2) is 24.3 Å². The molecule has 1 N–H and O–H groups in total. The maximum atomic E-state index is 11.4. The van der Waals surface area contributed by atoms with Gasteiger partial charge in [0.1, 0.15) is 11.8 Å². The molecule has 1 aromatic carbocycles. The number of methoxy groups -OCH3 is 1. The lowest BCUT2D eigenvalue weighted by Gasteiger charge is -2.38. The highest BCUT2D eigenvalue weighted by atomic mass is 16.5. The Labute approximate surface area is 114 Å². The molecule has 0 amide bonds. The van der Waals surface area contributed by atoms with Gasteiger partial charge in [-0.25, -0.2) is 0 Å². The summed E-state index contributed by atoms with van der Waals surface area (Å²) >= 11 is 0. The molecule has 19 heavy (non-hydrogen) atoms. The second kappa shape index (κ2) is 6.06. The van der Waals surface area contributed by atoms with Gasteiger partial charge in [-0.15, -0.1) is 0 Å². The minimum Gasteiger partial charge on any atom is -0.496 e. The van der Waals surface area contributed by atoms with Crippen LogP contribution in [0.3, 0.4) is 0 Å². The van der Waals surface area contributed by atoms with E-state index in [0.29, 0.717) is 0 Å². The Morgan fingerprint density at radius 2 is 2.16 bits per heavy atom. The monoisotopic (exact) mass is 263 g/mol. The molecule has 4 nitrogen and oxygen atoms in total. The van der Waals surface area contributed by atoms with Gasteiger partial charge in [-0.2, -0.15) is 0 Å². The molecule has 1 aliphatic heterocycles. The van der Waals surface area contributed by atoms with Crippen molar-refractivity contribution in [1.82, 2.24) is 4.90 Å². The van der Waals surface area contributed by atoms with Crippen LogP contribution in [0.2, 0.25) is 0 Å². The van der Waals surface area contributed by atoms with Gasteiger partial charge in [-0.1, -0.05) is 24.6 Å². The van der Waals surface area contributed by atoms with Crippen molar-refractivity contribution in [1.29, 1.82) is 0 Å². The lowest BCUT2D eigenvalue weighted by molar-refractivity contribution is -0.145. The average Bonchev–Trinajstić information content (AvgIpc) is 2.46. The van der Waals surface area contributed by atoms with Crippen molar-refractivity contribution in [2.45, 2.75) is 38.3 Å². The first-order valence-corrected chi connectivity index (χ1v) is 6.76. The van der Waals surface area contributed by atoms with Crippen LogP contribution in [0.25, 0.3) is 0 Å². The molecular formula is C15H21NO3. The number of benzene rings is 1. The van der Waals surface area contributed by atoms with E-state index in [1.165, 1.54) is 0 Å². The molecule has 1 fully saturated rings. The van der Waals surface area contributed by atoms with Crippen LogP contribution in [-0.2, 0) is 4.79 Å². The van der Waals surface area contributed by atoms with E-state index < -0.39 is 5.97 Å². The van der Waals surface area contributed by atoms with Crippen molar-refractivity contribution in [2.75, 3.05) is 13.7 Å². The third kappa shape index (κ3) is 2.89. The highest BCUT2D eigenvalue weighted by Gasteiger charge is 2.32. The first kappa shape index (κ1) is 13.9. The van der Waals surface area contributed by atoms with Crippen molar-refractivity contribution in [3.05, 3.63) is 29.8 Å². The summed E-state index contributed by atoms with van der Waals surface area (Å²) in [4.78, 5) is 13.5. The second-order valence-corrected chi connectivity index (χ2v) is 5.01. The molecule has 0 aliphatic carbocycles. The van der Waals surface area contributed by atoms with Crippen LogP contribution < -0.4 is 4.74 Å². The van der Waals surface area contributed by atoms with Crippen molar-refractivity contribution >= 4 is 5.97 Å². The van der Waals surface area contributed by atoms with E-state index in [4.69, 9.17) is 4.74 Å². The number of piperidine rings is 1. The number of ether oxygens (including phenoxy) is 1. The molecule has 0 aromatic heterocycles. The molecule has 4 heteroatoms. The van der Waals surface area contributed by atoms with Crippen LogP contribution >= 0.6 is 0 Å². The van der Waals surface area contributed by atoms with Crippen LogP contribution in [0.5, 0.6) is 5.75 Å². The zero-order chi connectivity index (χ0) is 13.8. The Kier molecular flexibility index (Phi) is 4.43. The molecule has 0 radical (unpaired) electrons. The molecule has 2 atom stereocenters. The van der Waals surface area contributed by atoms with Gasteiger partial charge in [0.2, 0.25) is 0 Å². The molecule has 1 saturated heterocycles. The fourth-order valence-corrected chi connectivity index (χ4v) is 2.87. The largest absolute Gasteiger partial charge is 0.496 e. The molecule has 1 aromatic rings. The number of likely N-dealkylation sites (tertiary alicyclic amines) is 1. The minimum atomic E-state index is -0.721. The summed E-state index contributed by atoms with van der Waals surface area (Å²) in [5, 5.41) is 9.36. The predicted molar refractivity (Wildman–Crippen MR) is 73.4 cm³/mol. The first-order chi connectivity index (χ1) is 9.15. The summed E-state index contributed by atoms with van der Waals surface area (Å²) in [6, 6.07) is 7.50. The van der Waals surface area contributed by atoms with E-state index >= 15 is 0 Å². The fourth-order valence-electron chi connectivity index (χ4n) is 2.87. The van der Waals surface area contributed by atoms with Gasteiger partial charge in [-0.05, 0) is 32.4 Å². The summed E-state index contributed by atoms with van der Waals surface area (Å²) in [5.41, 5.74) is 1.05. The predicted octanol–water partition coefficient (Wildman–Crippen LogP) is 2.70.